The molecule has 4 N–H and O–H groups in total. The third-order valence-electron chi connectivity index (χ3n) is 3.56. The molecule has 0 bridgehead atoms. The Hall–Kier alpha value is -3.14. The van der Waals surface area contributed by atoms with Crippen LogP contribution >= 0.6 is 0 Å². The maximum atomic E-state index is 12.9. The number of aromatic nitrogens is 3. The summed E-state index contributed by atoms with van der Waals surface area (Å²) in [7, 11) is 0. The van der Waals surface area contributed by atoms with Crippen LogP contribution in [-0.4, -0.2) is 14.5 Å². The van der Waals surface area contributed by atoms with E-state index in [4.69, 9.17) is 11.5 Å². The molecule has 0 aliphatic carbocycles. The van der Waals surface area contributed by atoms with E-state index in [0.29, 0.717) is 29.8 Å². The van der Waals surface area contributed by atoms with E-state index in [9.17, 15) is 9.65 Å². The van der Waals surface area contributed by atoms with E-state index in [0.717, 1.165) is 5.56 Å². The van der Waals surface area contributed by atoms with Crippen molar-refractivity contribution in [1.29, 1.82) is 5.26 Å². The van der Waals surface area contributed by atoms with E-state index >= 15 is 0 Å². The van der Waals surface area contributed by atoms with Gasteiger partial charge in [0, 0.05) is 6.54 Å². The summed E-state index contributed by atoms with van der Waals surface area (Å²) >= 11 is 0. The van der Waals surface area contributed by atoms with Crippen molar-refractivity contribution in [3.05, 3.63) is 47.5 Å². The van der Waals surface area contributed by atoms with Gasteiger partial charge in [0.25, 0.3) is 0 Å². The molecule has 2 heterocycles. The Morgan fingerprint density at radius 2 is 1.91 bits per heavy atom. The first kappa shape index (κ1) is 13.8. The van der Waals surface area contributed by atoms with Crippen molar-refractivity contribution in [1.82, 2.24) is 14.5 Å². The number of hydrogen-bond acceptors (Lipinski definition) is 5. The highest BCUT2D eigenvalue weighted by molar-refractivity contribution is 5.96. The Labute approximate surface area is 125 Å². The van der Waals surface area contributed by atoms with Gasteiger partial charge >= 0.3 is 0 Å². The predicted octanol–water partition coefficient (Wildman–Crippen LogP) is 1.85. The largest absolute Gasteiger partial charge is 0.384 e. The molecule has 22 heavy (non-hydrogen) atoms. The van der Waals surface area contributed by atoms with Gasteiger partial charge in [0.15, 0.2) is 0 Å². The minimum atomic E-state index is -0.276. The van der Waals surface area contributed by atoms with Crippen LogP contribution in [0.25, 0.3) is 11.0 Å². The van der Waals surface area contributed by atoms with Crippen LogP contribution in [0.15, 0.2) is 30.6 Å². The molecule has 6 nitrogen and oxygen atoms in total. The third-order valence-corrected chi connectivity index (χ3v) is 3.56. The molecule has 0 atom stereocenters. The number of benzene rings is 1. The normalized spacial score (nSPS) is 10.7. The lowest BCUT2D eigenvalue weighted by atomic mass is 10.1. The third kappa shape index (κ3) is 2.20. The summed E-state index contributed by atoms with van der Waals surface area (Å²) in [6, 6.07) is 8.30. The van der Waals surface area contributed by atoms with Gasteiger partial charge in [-0.25, -0.2) is 14.4 Å². The molecule has 0 saturated carbocycles. The van der Waals surface area contributed by atoms with Crippen LogP contribution in [0.3, 0.4) is 0 Å². The molecule has 7 heteroatoms. The fourth-order valence-electron chi connectivity index (χ4n) is 2.44. The number of nitrogens with zero attached hydrogens (tertiary/aromatic N) is 4. The first-order valence-electron chi connectivity index (χ1n) is 6.64. The van der Waals surface area contributed by atoms with Gasteiger partial charge in [0.05, 0.1) is 5.39 Å². The van der Waals surface area contributed by atoms with E-state index in [1.54, 1.807) is 16.7 Å². The lowest BCUT2D eigenvalue weighted by molar-refractivity contribution is 0.626. The molecule has 3 rings (SSSR count). The minimum Gasteiger partial charge on any atom is -0.384 e. The van der Waals surface area contributed by atoms with Crippen molar-refractivity contribution in [3.8, 4) is 6.07 Å². The average Bonchev–Trinajstić information content (AvgIpc) is 2.79. The zero-order valence-corrected chi connectivity index (χ0v) is 11.6. The summed E-state index contributed by atoms with van der Waals surface area (Å²) < 4.78 is 14.7. The Balaban J connectivity index is 2.01. The van der Waals surface area contributed by atoms with Gasteiger partial charge in [-0.1, -0.05) is 12.1 Å². The first-order chi connectivity index (χ1) is 10.6. The van der Waals surface area contributed by atoms with E-state index in [2.05, 4.69) is 9.97 Å². The van der Waals surface area contributed by atoms with Crippen molar-refractivity contribution < 1.29 is 4.39 Å². The molecule has 0 saturated heterocycles. The molecule has 0 spiro atoms. The lowest BCUT2D eigenvalue weighted by Crippen LogP contribution is -2.06. The van der Waals surface area contributed by atoms with Crippen LogP contribution in [0.4, 0.5) is 16.0 Å². The van der Waals surface area contributed by atoms with Crippen LogP contribution in [0.5, 0.6) is 0 Å². The van der Waals surface area contributed by atoms with Crippen molar-refractivity contribution in [2.45, 2.75) is 13.0 Å². The summed E-state index contributed by atoms with van der Waals surface area (Å²) in [6.07, 6.45) is 1.97. The van der Waals surface area contributed by atoms with Crippen LogP contribution in [0.1, 0.15) is 11.1 Å². The SMILES string of the molecule is N#Cc1c(N)n(CCc2ccc(F)cc2)c2ncnc(N)c12. The summed E-state index contributed by atoms with van der Waals surface area (Å²) in [5, 5.41) is 9.75. The Morgan fingerprint density at radius 3 is 2.59 bits per heavy atom. The molecule has 0 fully saturated rings. The highest BCUT2D eigenvalue weighted by Gasteiger charge is 2.18. The summed E-state index contributed by atoms with van der Waals surface area (Å²) in [5.41, 5.74) is 13.6. The number of rotatable bonds is 3. The standard InChI is InChI=1S/C15H13FN6/c16-10-3-1-9(2-4-10)5-6-22-14(19)11(7-17)12-13(18)20-8-21-15(12)22/h1-4,8H,5-6,19H2,(H2,18,20,21). The molecule has 0 unspecified atom stereocenters. The minimum absolute atomic E-state index is 0.230. The maximum absolute atomic E-state index is 12.9. The highest BCUT2D eigenvalue weighted by atomic mass is 19.1. The van der Waals surface area contributed by atoms with Crippen LogP contribution in [0, 0.1) is 17.1 Å². The summed E-state index contributed by atoms with van der Waals surface area (Å²) in [4.78, 5) is 8.08. The number of nitrogen functional groups attached to an aromatic ring is 2. The number of fused-ring (bicyclic) bond motifs is 1. The van der Waals surface area contributed by atoms with Gasteiger partial charge in [-0.05, 0) is 24.1 Å². The van der Waals surface area contributed by atoms with E-state index in [-0.39, 0.29) is 17.2 Å². The summed E-state index contributed by atoms with van der Waals surface area (Å²) in [5.74, 6) is 0.266. The van der Waals surface area contributed by atoms with E-state index in [1.165, 1.54) is 18.5 Å². The van der Waals surface area contributed by atoms with Crippen LogP contribution in [-0.2, 0) is 13.0 Å². The van der Waals surface area contributed by atoms with Gasteiger partial charge in [0.1, 0.15) is 41.1 Å². The van der Waals surface area contributed by atoms with Crippen molar-refractivity contribution in [2.24, 2.45) is 0 Å². The fourth-order valence-corrected chi connectivity index (χ4v) is 2.44. The predicted molar refractivity (Wildman–Crippen MR) is 81.2 cm³/mol. The van der Waals surface area contributed by atoms with Crippen molar-refractivity contribution >= 4 is 22.7 Å². The summed E-state index contributed by atoms with van der Waals surface area (Å²) in [6.45, 7) is 0.506. The topological polar surface area (TPSA) is 107 Å². The quantitative estimate of drug-likeness (QED) is 0.767. The van der Waals surface area contributed by atoms with E-state index < -0.39 is 0 Å². The second-order valence-electron chi connectivity index (χ2n) is 4.86. The second kappa shape index (κ2) is 5.33. The Bertz CT molecular complexity index is 876. The molecule has 3 aromatic rings. The molecule has 1 aromatic carbocycles. The smallest absolute Gasteiger partial charge is 0.148 e. The number of hydrogen-bond donors (Lipinski definition) is 2. The average molecular weight is 296 g/mol. The number of aryl methyl sites for hydroxylation is 2. The molecule has 0 aliphatic rings. The molecule has 110 valence electrons. The molecule has 0 amide bonds. The number of nitrogens with two attached hydrogens (primary N) is 2. The van der Waals surface area contributed by atoms with Gasteiger partial charge in [-0.2, -0.15) is 5.26 Å². The number of halogens is 1. The molecule has 0 radical (unpaired) electrons. The maximum Gasteiger partial charge on any atom is 0.148 e. The van der Waals surface area contributed by atoms with E-state index in [1.807, 2.05) is 6.07 Å². The number of nitriles is 1. The zero-order valence-electron chi connectivity index (χ0n) is 11.6. The van der Waals surface area contributed by atoms with Crippen molar-refractivity contribution in [3.63, 3.8) is 0 Å². The molecule has 0 aliphatic heterocycles. The molecule has 2 aromatic heterocycles. The monoisotopic (exact) mass is 296 g/mol. The Kier molecular flexibility index (Phi) is 3.35. The molecular formula is C15H13FN6. The van der Waals surface area contributed by atoms with Gasteiger partial charge in [0.2, 0.25) is 0 Å². The fraction of sp³-hybridized carbons (Fsp3) is 0.133. The van der Waals surface area contributed by atoms with Gasteiger partial charge in [-0.15, -0.1) is 0 Å². The number of anilines is 2. The second-order valence-corrected chi connectivity index (χ2v) is 4.86. The van der Waals surface area contributed by atoms with Gasteiger partial charge in [-0.3, -0.25) is 0 Å². The zero-order chi connectivity index (χ0) is 15.7. The Morgan fingerprint density at radius 1 is 1.18 bits per heavy atom. The van der Waals surface area contributed by atoms with Crippen molar-refractivity contribution in [2.75, 3.05) is 11.5 Å². The highest BCUT2D eigenvalue weighted by Crippen LogP contribution is 2.29. The van der Waals surface area contributed by atoms with Crippen LogP contribution in [0.2, 0.25) is 0 Å². The van der Waals surface area contributed by atoms with Gasteiger partial charge < -0.3 is 16.0 Å². The molecular weight excluding hydrogens is 283 g/mol. The lowest BCUT2D eigenvalue weighted by Gasteiger charge is -2.07. The van der Waals surface area contributed by atoms with Crippen LogP contribution < -0.4 is 11.5 Å². The first-order valence-corrected chi connectivity index (χ1v) is 6.64.